The van der Waals surface area contributed by atoms with Crippen LogP contribution in [0.1, 0.15) is 48.4 Å². The first kappa shape index (κ1) is 13.2. The third-order valence-electron chi connectivity index (χ3n) is 3.19. The molecule has 0 fully saturated rings. The Bertz CT molecular complexity index is 329. The summed E-state index contributed by atoms with van der Waals surface area (Å²) in [5.74, 6) is 1.22. The van der Waals surface area contributed by atoms with Gasteiger partial charge in [0.1, 0.15) is 0 Å². The van der Waals surface area contributed by atoms with Gasteiger partial charge in [-0.15, -0.1) is 0 Å². The molecule has 1 atom stereocenters. The number of hydrogen-bond donors (Lipinski definition) is 1. The molecule has 1 unspecified atom stereocenters. The van der Waals surface area contributed by atoms with Crippen molar-refractivity contribution in [2.75, 3.05) is 6.54 Å². The molecule has 1 aromatic carbocycles. The third-order valence-corrected chi connectivity index (χ3v) is 3.19. The van der Waals surface area contributed by atoms with Crippen LogP contribution >= 0.6 is 0 Å². The Labute approximate surface area is 100 Å². The van der Waals surface area contributed by atoms with Crippen molar-refractivity contribution in [2.24, 2.45) is 11.7 Å². The van der Waals surface area contributed by atoms with E-state index in [0.29, 0.717) is 11.8 Å². The highest BCUT2D eigenvalue weighted by Gasteiger charge is 2.16. The molecular weight excluding hydrogens is 194 g/mol. The van der Waals surface area contributed by atoms with Gasteiger partial charge in [0.15, 0.2) is 0 Å². The molecule has 1 aromatic rings. The molecule has 0 aliphatic carbocycles. The second-order valence-electron chi connectivity index (χ2n) is 5.37. The summed E-state index contributed by atoms with van der Waals surface area (Å²) >= 11 is 0. The van der Waals surface area contributed by atoms with E-state index in [2.05, 4.69) is 46.8 Å². The average molecular weight is 219 g/mol. The summed E-state index contributed by atoms with van der Waals surface area (Å²) in [7, 11) is 0. The normalized spacial score (nSPS) is 13.2. The highest BCUT2D eigenvalue weighted by molar-refractivity contribution is 5.40. The Morgan fingerprint density at radius 2 is 1.56 bits per heavy atom. The highest BCUT2D eigenvalue weighted by atomic mass is 14.5. The largest absolute Gasteiger partial charge is 0.330 e. The van der Waals surface area contributed by atoms with Gasteiger partial charge < -0.3 is 5.73 Å². The summed E-state index contributed by atoms with van der Waals surface area (Å²) in [4.78, 5) is 0. The molecule has 0 saturated carbocycles. The van der Waals surface area contributed by atoms with Crippen molar-refractivity contribution in [3.05, 3.63) is 34.4 Å². The van der Waals surface area contributed by atoms with Gasteiger partial charge in [0.2, 0.25) is 0 Å². The van der Waals surface area contributed by atoms with Crippen LogP contribution in [0, 0.1) is 26.7 Å². The van der Waals surface area contributed by atoms with Crippen molar-refractivity contribution < 1.29 is 0 Å². The number of aryl methyl sites for hydroxylation is 3. The van der Waals surface area contributed by atoms with Crippen LogP contribution in [0.15, 0.2) is 12.1 Å². The predicted octanol–water partition coefficient (Wildman–Crippen LogP) is 3.70. The van der Waals surface area contributed by atoms with E-state index < -0.39 is 0 Å². The zero-order chi connectivity index (χ0) is 12.3. The van der Waals surface area contributed by atoms with Crippen LogP contribution in [0.5, 0.6) is 0 Å². The lowest BCUT2D eigenvalue weighted by Crippen LogP contribution is -2.17. The van der Waals surface area contributed by atoms with E-state index >= 15 is 0 Å². The second kappa shape index (κ2) is 5.49. The first-order valence-corrected chi connectivity index (χ1v) is 6.23. The highest BCUT2D eigenvalue weighted by Crippen LogP contribution is 2.29. The molecule has 0 bridgehead atoms. The first-order valence-electron chi connectivity index (χ1n) is 6.23. The lowest BCUT2D eigenvalue weighted by Gasteiger charge is -2.22. The zero-order valence-electron chi connectivity index (χ0n) is 11.3. The van der Waals surface area contributed by atoms with Crippen molar-refractivity contribution in [3.8, 4) is 0 Å². The molecule has 1 heteroatoms. The van der Waals surface area contributed by atoms with Crippen molar-refractivity contribution in [1.29, 1.82) is 0 Å². The summed E-state index contributed by atoms with van der Waals surface area (Å²) < 4.78 is 0. The average Bonchev–Trinajstić information content (AvgIpc) is 2.13. The van der Waals surface area contributed by atoms with Crippen LogP contribution in [-0.2, 0) is 0 Å². The van der Waals surface area contributed by atoms with Crippen LogP contribution < -0.4 is 5.73 Å². The molecule has 1 rings (SSSR count). The minimum Gasteiger partial charge on any atom is -0.330 e. The Kier molecular flexibility index (Phi) is 4.55. The smallest absolute Gasteiger partial charge is 0.000794 e. The summed E-state index contributed by atoms with van der Waals surface area (Å²) in [6, 6.07) is 4.54. The molecule has 0 aromatic heterocycles. The van der Waals surface area contributed by atoms with Crippen LogP contribution in [-0.4, -0.2) is 6.54 Å². The molecule has 90 valence electrons. The fraction of sp³-hybridized carbons (Fsp3) is 0.600. The Hall–Kier alpha value is -0.820. The first-order chi connectivity index (χ1) is 7.45. The fourth-order valence-electron chi connectivity index (χ4n) is 2.74. The van der Waals surface area contributed by atoms with Gasteiger partial charge in [0, 0.05) is 0 Å². The minimum atomic E-state index is 0.514. The third kappa shape index (κ3) is 3.08. The lowest BCUT2D eigenvalue weighted by atomic mass is 9.84. The van der Waals surface area contributed by atoms with Gasteiger partial charge in [-0.25, -0.2) is 0 Å². The van der Waals surface area contributed by atoms with E-state index in [0.717, 1.165) is 6.54 Å². The lowest BCUT2D eigenvalue weighted by molar-refractivity contribution is 0.501. The van der Waals surface area contributed by atoms with Crippen molar-refractivity contribution in [1.82, 2.24) is 0 Å². The topological polar surface area (TPSA) is 26.0 Å². The molecule has 1 nitrogen and oxygen atoms in total. The maximum Gasteiger partial charge on any atom is -0.000794 e. The minimum absolute atomic E-state index is 0.514. The van der Waals surface area contributed by atoms with Gasteiger partial charge in [0.05, 0.1) is 0 Å². The van der Waals surface area contributed by atoms with Crippen molar-refractivity contribution >= 4 is 0 Å². The molecule has 0 saturated heterocycles. The summed E-state index contributed by atoms with van der Waals surface area (Å²) in [5.41, 5.74) is 11.5. The van der Waals surface area contributed by atoms with E-state index in [1.807, 2.05) is 0 Å². The van der Waals surface area contributed by atoms with Crippen LogP contribution in [0.3, 0.4) is 0 Å². The summed E-state index contributed by atoms with van der Waals surface area (Å²) in [6.07, 6.45) is 1.18. The van der Waals surface area contributed by atoms with Gasteiger partial charge in [0.25, 0.3) is 0 Å². The van der Waals surface area contributed by atoms with Gasteiger partial charge >= 0.3 is 0 Å². The van der Waals surface area contributed by atoms with E-state index in [9.17, 15) is 0 Å². The molecular formula is C15H25N. The van der Waals surface area contributed by atoms with Crippen LogP contribution in [0.2, 0.25) is 0 Å². The fourth-order valence-corrected chi connectivity index (χ4v) is 2.74. The summed E-state index contributed by atoms with van der Waals surface area (Å²) in [6.45, 7) is 11.9. The predicted molar refractivity (Wildman–Crippen MR) is 71.9 cm³/mol. The second-order valence-corrected chi connectivity index (χ2v) is 5.37. The molecule has 0 amide bonds. The number of rotatable bonds is 4. The molecule has 0 heterocycles. The van der Waals surface area contributed by atoms with E-state index in [1.165, 1.54) is 28.7 Å². The molecule has 0 radical (unpaired) electrons. The molecule has 16 heavy (non-hydrogen) atoms. The Morgan fingerprint density at radius 3 is 1.94 bits per heavy atom. The Balaban J connectivity index is 3.09. The molecule has 0 aliphatic heterocycles. The quantitative estimate of drug-likeness (QED) is 0.821. The van der Waals surface area contributed by atoms with Crippen LogP contribution in [0.25, 0.3) is 0 Å². The Morgan fingerprint density at radius 1 is 1.06 bits per heavy atom. The maximum absolute atomic E-state index is 5.93. The zero-order valence-corrected chi connectivity index (χ0v) is 11.3. The SMILES string of the molecule is Cc1cc(C)c(C(CN)CC(C)C)c(C)c1. The number of hydrogen-bond acceptors (Lipinski definition) is 1. The van der Waals surface area contributed by atoms with Crippen LogP contribution in [0.4, 0.5) is 0 Å². The van der Waals surface area contributed by atoms with Gasteiger partial charge in [-0.2, -0.15) is 0 Å². The van der Waals surface area contributed by atoms with Crippen molar-refractivity contribution in [3.63, 3.8) is 0 Å². The van der Waals surface area contributed by atoms with E-state index in [-0.39, 0.29) is 0 Å². The summed E-state index contributed by atoms with van der Waals surface area (Å²) in [5, 5.41) is 0. The number of benzene rings is 1. The molecule has 2 N–H and O–H groups in total. The number of nitrogens with two attached hydrogens (primary N) is 1. The monoisotopic (exact) mass is 219 g/mol. The van der Waals surface area contributed by atoms with E-state index in [1.54, 1.807) is 0 Å². The molecule has 0 spiro atoms. The van der Waals surface area contributed by atoms with Crippen molar-refractivity contribution in [2.45, 2.75) is 47.0 Å². The molecule has 0 aliphatic rings. The van der Waals surface area contributed by atoms with Gasteiger partial charge in [-0.05, 0) is 62.3 Å². The van der Waals surface area contributed by atoms with E-state index in [4.69, 9.17) is 5.73 Å². The van der Waals surface area contributed by atoms with Gasteiger partial charge in [-0.3, -0.25) is 0 Å². The van der Waals surface area contributed by atoms with Gasteiger partial charge in [-0.1, -0.05) is 31.5 Å². The maximum atomic E-state index is 5.93. The standard InChI is InChI=1S/C15H25N/c1-10(2)6-14(9-16)15-12(4)7-11(3)8-13(15)5/h7-8,10,14H,6,9,16H2,1-5H3.